The molecule has 0 fully saturated rings. The highest BCUT2D eigenvalue weighted by Crippen LogP contribution is 2.17. The van der Waals surface area contributed by atoms with Crippen LogP contribution in [0.4, 0.5) is 5.69 Å². The van der Waals surface area contributed by atoms with Gasteiger partial charge in [0.25, 0.3) is 5.78 Å². The molecule has 0 radical (unpaired) electrons. The van der Waals surface area contributed by atoms with Crippen LogP contribution in [0, 0.1) is 20.8 Å². The summed E-state index contributed by atoms with van der Waals surface area (Å²) in [7, 11) is 0. The first-order chi connectivity index (χ1) is 13.4. The maximum absolute atomic E-state index is 12.4. The Labute approximate surface area is 163 Å². The van der Waals surface area contributed by atoms with E-state index in [2.05, 4.69) is 20.4 Å². The Balaban J connectivity index is 1.69. The van der Waals surface area contributed by atoms with E-state index in [4.69, 9.17) is 4.74 Å². The van der Waals surface area contributed by atoms with Gasteiger partial charge in [0.05, 0.1) is 12.2 Å². The van der Waals surface area contributed by atoms with Crippen LogP contribution in [0.15, 0.2) is 24.3 Å². The molecule has 0 bridgehead atoms. The summed E-state index contributed by atoms with van der Waals surface area (Å²) in [4.78, 5) is 33.0. The van der Waals surface area contributed by atoms with Gasteiger partial charge in [-0.15, -0.1) is 0 Å². The molecule has 0 aliphatic heterocycles. The van der Waals surface area contributed by atoms with E-state index in [0.29, 0.717) is 35.9 Å². The number of nitrogens with zero attached hydrogens (tertiary/aromatic N) is 4. The molecule has 2 heterocycles. The van der Waals surface area contributed by atoms with Gasteiger partial charge >= 0.3 is 5.97 Å². The van der Waals surface area contributed by atoms with Gasteiger partial charge in [-0.05, 0) is 57.9 Å². The predicted octanol–water partition coefficient (Wildman–Crippen LogP) is 2.80. The van der Waals surface area contributed by atoms with Crippen molar-refractivity contribution in [3.05, 3.63) is 52.6 Å². The molecule has 8 nitrogen and oxygen atoms in total. The van der Waals surface area contributed by atoms with E-state index < -0.39 is 5.97 Å². The maximum atomic E-state index is 12.4. The largest absolute Gasteiger partial charge is 0.462 e. The second kappa shape index (κ2) is 8.16. The zero-order chi connectivity index (χ0) is 20.3. The third-order valence-electron chi connectivity index (χ3n) is 4.41. The molecule has 28 heavy (non-hydrogen) atoms. The molecule has 2 aromatic heterocycles. The standard InChI is InChI=1S/C20H23N5O3/c1-5-28-19(27)15-7-6-8-16(11-15)23-18(26)10-9-17-12(2)21-20-22-14(4)24-25(20)13(17)3/h6-8,11H,5,9-10H2,1-4H3,(H,23,26). The highest BCUT2D eigenvalue weighted by Gasteiger charge is 2.14. The van der Waals surface area contributed by atoms with Crippen LogP contribution in [0.25, 0.3) is 5.78 Å². The second-order valence-corrected chi connectivity index (χ2v) is 6.48. The minimum Gasteiger partial charge on any atom is -0.462 e. The summed E-state index contributed by atoms with van der Waals surface area (Å²) >= 11 is 0. The number of aromatic nitrogens is 4. The average molecular weight is 381 g/mol. The smallest absolute Gasteiger partial charge is 0.338 e. The van der Waals surface area contributed by atoms with Gasteiger partial charge in [0, 0.05) is 23.5 Å². The summed E-state index contributed by atoms with van der Waals surface area (Å²) in [5, 5.41) is 7.18. The molecule has 0 saturated heterocycles. The number of rotatable bonds is 6. The third-order valence-corrected chi connectivity index (χ3v) is 4.41. The molecule has 1 N–H and O–H groups in total. The van der Waals surface area contributed by atoms with Gasteiger partial charge in [-0.2, -0.15) is 10.1 Å². The second-order valence-electron chi connectivity index (χ2n) is 6.48. The molecule has 0 unspecified atom stereocenters. The Morgan fingerprint density at radius 2 is 1.96 bits per heavy atom. The lowest BCUT2D eigenvalue weighted by atomic mass is 10.1. The number of benzene rings is 1. The first-order valence-corrected chi connectivity index (χ1v) is 9.15. The van der Waals surface area contributed by atoms with Gasteiger partial charge in [0.2, 0.25) is 5.91 Å². The Bertz CT molecular complexity index is 1040. The Morgan fingerprint density at radius 3 is 2.71 bits per heavy atom. The normalized spacial score (nSPS) is 10.9. The fourth-order valence-electron chi connectivity index (χ4n) is 3.07. The van der Waals surface area contributed by atoms with Crippen LogP contribution >= 0.6 is 0 Å². The number of hydrogen-bond donors (Lipinski definition) is 1. The molecule has 0 atom stereocenters. The molecule has 1 aromatic carbocycles. The van der Waals surface area contributed by atoms with Crippen molar-refractivity contribution in [2.45, 2.75) is 40.5 Å². The van der Waals surface area contributed by atoms with Gasteiger partial charge in [-0.1, -0.05) is 6.07 Å². The summed E-state index contributed by atoms with van der Waals surface area (Å²) in [6.45, 7) is 7.73. The average Bonchev–Trinajstić information content (AvgIpc) is 3.02. The van der Waals surface area contributed by atoms with Crippen molar-refractivity contribution in [3.8, 4) is 0 Å². The minimum absolute atomic E-state index is 0.144. The fraction of sp³-hybridized carbons (Fsp3) is 0.350. The van der Waals surface area contributed by atoms with Crippen LogP contribution in [0.3, 0.4) is 0 Å². The van der Waals surface area contributed by atoms with Crippen molar-refractivity contribution < 1.29 is 14.3 Å². The van der Waals surface area contributed by atoms with E-state index in [0.717, 1.165) is 17.0 Å². The maximum Gasteiger partial charge on any atom is 0.338 e. The number of esters is 1. The van der Waals surface area contributed by atoms with Crippen molar-refractivity contribution in [1.82, 2.24) is 19.6 Å². The molecule has 1 amide bonds. The summed E-state index contributed by atoms with van der Waals surface area (Å²) in [5.74, 6) is 0.671. The molecular weight excluding hydrogens is 358 g/mol. The SMILES string of the molecule is CCOC(=O)c1cccc(NC(=O)CCc2c(C)nc3nc(C)nn3c2C)c1. The highest BCUT2D eigenvalue weighted by atomic mass is 16.5. The monoisotopic (exact) mass is 381 g/mol. The summed E-state index contributed by atoms with van der Waals surface area (Å²) < 4.78 is 6.69. The summed E-state index contributed by atoms with van der Waals surface area (Å²) in [6.07, 6.45) is 0.815. The number of nitrogens with one attached hydrogen (secondary N) is 1. The number of anilines is 1. The molecule has 0 aliphatic carbocycles. The number of hydrogen-bond acceptors (Lipinski definition) is 6. The van der Waals surface area contributed by atoms with E-state index in [1.165, 1.54) is 0 Å². The summed E-state index contributed by atoms with van der Waals surface area (Å²) in [5.41, 5.74) is 3.72. The number of carbonyl (C=O) groups excluding carboxylic acids is 2. The van der Waals surface area contributed by atoms with Gasteiger partial charge in [0.15, 0.2) is 0 Å². The van der Waals surface area contributed by atoms with Gasteiger partial charge in [-0.3, -0.25) is 4.79 Å². The van der Waals surface area contributed by atoms with Crippen molar-refractivity contribution in [3.63, 3.8) is 0 Å². The molecular formula is C20H23N5O3. The lowest BCUT2D eigenvalue weighted by Gasteiger charge is -2.11. The Hall–Kier alpha value is -3.29. The molecule has 0 spiro atoms. The number of fused-ring (bicyclic) bond motifs is 1. The van der Waals surface area contributed by atoms with Crippen LogP contribution in [0.1, 0.15) is 46.5 Å². The molecule has 3 rings (SSSR count). The van der Waals surface area contributed by atoms with E-state index in [1.807, 2.05) is 20.8 Å². The quantitative estimate of drug-likeness (QED) is 0.659. The highest BCUT2D eigenvalue weighted by molar-refractivity contribution is 5.94. The van der Waals surface area contributed by atoms with Crippen molar-refractivity contribution in [2.75, 3.05) is 11.9 Å². The van der Waals surface area contributed by atoms with Crippen LogP contribution in [0.2, 0.25) is 0 Å². The van der Waals surface area contributed by atoms with Gasteiger partial charge < -0.3 is 10.1 Å². The van der Waals surface area contributed by atoms with Crippen molar-refractivity contribution >= 4 is 23.3 Å². The zero-order valence-electron chi connectivity index (χ0n) is 16.4. The Morgan fingerprint density at radius 1 is 1.18 bits per heavy atom. The zero-order valence-corrected chi connectivity index (χ0v) is 16.4. The number of aryl methyl sites for hydroxylation is 3. The van der Waals surface area contributed by atoms with E-state index >= 15 is 0 Å². The van der Waals surface area contributed by atoms with Crippen LogP contribution in [-0.2, 0) is 16.0 Å². The fourth-order valence-corrected chi connectivity index (χ4v) is 3.07. The lowest BCUT2D eigenvalue weighted by Crippen LogP contribution is -2.15. The molecule has 3 aromatic rings. The minimum atomic E-state index is -0.410. The van der Waals surface area contributed by atoms with Crippen molar-refractivity contribution in [1.29, 1.82) is 0 Å². The first kappa shape index (κ1) is 19.5. The molecule has 0 saturated carbocycles. The number of carbonyl (C=O) groups is 2. The van der Waals surface area contributed by atoms with Crippen LogP contribution < -0.4 is 5.32 Å². The molecule has 8 heteroatoms. The summed E-state index contributed by atoms with van der Waals surface area (Å²) in [6, 6.07) is 6.71. The Kier molecular flexibility index (Phi) is 5.67. The first-order valence-electron chi connectivity index (χ1n) is 9.15. The van der Waals surface area contributed by atoms with Gasteiger partial charge in [-0.25, -0.2) is 14.3 Å². The predicted molar refractivity (Wildman–Crippen MR) is 104 cm³/mol. The molecule has 0 aliphatic rings. The third kappa shape index (κ3) is 4.16. The lowest BCUT2D eigenvalue weighted by molar-refractivity contribution is -0.116. The topological polar surface area (TPSA) is 98.5 Å². The van der Waals surface area contributed by atoms with Gasteiger partial charge in [0.1, 0.15) is 5.82 Å². The van der Waals surface area contributed by atoms with E-state index in [9.17, 15) is 9.59 Å². The van der Waals surface area contributed by atoms with Crippen LogP contribution in [-0.4, -0.2) is 38.1 Å². The number of ether oxygens (including phenoxy) is 1. The van der Waals surface area contributed by atoms with E-state index in [-0.39, 0.29) is 12.3 Å². The number of amides is 1. The van der Waals surface area contributed by atoms with Crippen LogP contribution in [0.5, 0.6) is 0 Å². The molecule has 146 valence electrons. The van der Waals surface area contributed by atoms with Crippen molar-refractivity contribution in [2.24, 2.45) is 0 Å². The van der Waals surface area contributed by atoms with E-state index in [1.54, 1.807) is 35.7 Å².